The van der Waals surface area contributed by atoms with Gasteiger partial charge in [0.05, 0.1) is 7.11 Å². The summed E-state index contributed by atoms with van der Waals surface area (Å²) < 4.78 is 5.24. The molecule has 1 aliphatic heterocycles. The van der Waals surface area contributed by atoms with Crippen molar-refractivity contribution in [1.29, 1.82) is 0 Å². The summed E-state index contributed by atoms with van der Waals surface area (Å²) in [5.41, 5.74) is 5.04. The van der Waals surface area contributed by atoms with Crippen LogP contribution in [0.4, 0.5) is 0 Å². The van der Waals surface area contributed by atoms with Crippen LogP contribution in [0.2, 0.25) is 0 Å². The van der Waals surface area contributed by atoms with Gasteiger partial charge in [0.15, 0.2) is 0 Å². The number of carbonyl (C=O) groups excluding carboxylic acids is 1. The number of rotatable bonds is 2. The maximum atomic E-state index is 12.5. The quantitative estimate of drug-likeness (QED) is 0.772. The number of allylic oxidation sites excluding steroid dienone is 1. The third kappa shape index (κ3) is 2.58. The average Bonchev–Trinajstić information content (AvgIpc) is 3.31. The Bertz CT molecular complexity index is 558. The second-order valence-electron chi connectivity index (χ2n) is 5.68. The average molecular weight is 271 g/mol. The maximum Gasteiger partial charge on any atom is 0.253 e. The molecule has 3 rings (SSSR count). The molecule has 0 unspecified atom stereocenters. The SMILES string of the molecule is COc1ccc(C(=O)N2CCC(=C3CC3)CC2)cc1C. The van der Waals surface area contributed by atoms with Crippen LogP contribution in [0.5, 0.6) is 5.75 Å². The molecule has 1 amide bonds. The van der Waals surface area contributed by atoms with Gasteiger partial charge in [-0.25, -0.2) is 0 Å². The van der Waals surface area contributed by atoms with Crippen LogP contribution in [0.1, 0.15) is 41.6 Å². The van der Waals surface area contributed by atoms with Crippen molar-refractivity contribution in [3.63, 3.8) is 0 Å². The van der Waals surface area contributed by atoms with Gasteiger partial charge in [0, 0.05) is 18.7 Å². The monoisotopic (exact) mass is 271 g/mol. The van der Waals surface area contributed by atoms with E-state index in [1.54, 1.807) is 18.3 Å². The van der Waals surface area contributed by atoms with Crippen LogP contribution in [0, 0.1) is 6.92 Å². The summed E-state index contributed by atoms with van der Waals surface area (Å²) in [6, 6.07) is 5.67. The first-order valence-electron chi connectivity index (χ1n) is 7.32. The second-order valence-corrected chi connectivity index (χ2v) is 5.68. The third-order valence-electron chi connectivity index (χ3n) is 4.30. The van der Waals surface area contributed by atoms with E-state index in [-0.39, 0.29) is 5.91 Å². The highest BCUT2D eigenvalue weighted by Gasteiger charge is 2.25. The van der Waals surface area contributed by atoms with E-state index < -0.39 is 0 Å². The number of aryl methyl sites for hydroxylation is 1. The number of likely N-dealkylation sites (tertiary alicyclic amines) is 1. The Labute approximate surface area is 120 Å². The molecule has 1 saturated carbocycles. The van der Waals surface area contributed by atoms with Crippen molar-refractivity contribution in [2.75, 3.05) is 20.2 Å². The molecular weight excluding hydrogens is 250 g/mol. The zero-order chi connectivity index (χ0) is 14.1. The number of nitrogens with zero attached hydrogens (tertiary/aromatic N) is 1. The Morgan fingerprint density at radius 2 is 1.75 bits per heavy atom. The number of carbonyl (C=O) groups is 1. The molecule has 1 heterocycles. The minimum atomic E-state index is 0.149. The molecule has 1 saturated heterocycles. The van der Waals surface area contributed by atoms with Crippen molar-refractivity contribution < 1.29 is 9.53 Å². The number of hydrogen-bond acceptors (Lipinski definition) is 2. The molecule has 0 N–H and O–H groups in total. The minimum absolute atomic E-state index is 0.149. The van der Waals surface area contributed by atoms with E-state index in [2.05, 4.69) is 0 Å². The van der Waals surface area contributed by atoms with Gasteiger partial charge in [-0.15, -0.1) is 0 Å². The second kappa shape index (κ2) is 5.31. The predicted octanol–water partition coefficient (Wildman–Crippen LogP) is 3.33. The van der Waals surface area contributed by atoms with E-state index >= 15 is 0 Å². The molecule has 0 atom stereocenters. The molecule has 3 heteroatoms. The highest BCUT2D eigenvalue weighted by molar-refractivity contribution is 5.94. The minimum Gasteiger partial charge on any atom is -0.496 e. The number of ether oxygens (including phenoxy) is 1. The summed E-state index contributed by atoms with van der Waals surface area (Å²) in [5.74, 6) is 0.983. The first kappa shape index (κ1) is 13.2. The van der Waals surface area contributed by atoms with E-state index in [0.29, 0.717) is 0 Å². The highest BCUT2D eigenvalue weighted by atomic mass is 16.5. The lowest BCUT2D eigenvalue weighted by Crippen LogP contribution is -2.36. The molecule has 0 radical (unpaired) electrons. The Morgan fingerprint density at radius 3 is 2.30 bits per heavy atom. The van der Waals surface area contributed by atoms with Gasteiger partial charge < -0.3 is 9.64 Å². The van der Waals surface area contributed by atoms with Crippen molar-refractivity contribution in [2.45, 2.75) is 32.6 Å². The Kier molecular flexibility index (Phi) is 3.51. The molecule has 20 heavy (non-hydrogen) atoms. The molecule has 2 fully saturated rings. The van der Waals surface area contributed by atoms with Crippen LogP contribution >= 0.6 is 0 Å². The van der Waals surface area contributed by atoms with Crippen molar-refractivity contribution in [1.82, 2.24) is 4.90 Å². The third-order valence-corrected chi connectivity index (χ3v) is 4.30. The first-order chi connectivity index (χ1) is 9.69. The lowest BCUT2D eigenvalue weighted by atomic mass is 10.0. The Hall–Kier alpha value is -1.77. The van der Waals surface area contributed by atoms with Gasteiger partial charge in [0.25, 0.3) is 5.91 Å². The molecule has 0 spiro atoms. The van der Waals surface area contributed by atoms with Gasteiger partial charge in [0.1, 0.15) is 5.75 Å². The van der Waals surface area contributed by atoms with Crippen LogP contribution in [-0.4, -0.2) is 31.0 Å². The number of benzene rings is 1. The van der Waals surface area contributed by atoms with Crippen molar-refractivity contribution in [2.24, 2.45) is 0 Å². The van der Waals surface area contributed by atoms with E-state index in [9.17, 15) is 4.79 Å². The number of amides is 1. The first-order valence-corrected chi connectivity index (χ1v) is 7.32. The van der Waals surface area contributed by atoms with Crippen LogP contribution in [0.25, 0.3) is 0 Å². The van der Waals surface area contributed by atoms with Crippen molar-refractivity contribution >= 4 is 5.91 Å². The van der Waals surface area contributed by atoms with Crippen LogP contribution < -0.4 is 4.74 Å². The molecule has 0 bridgehead atoms. The van der Waals surface area contributed by atoms with Gasteiger partial charge in [-0.3, -0.25) is 4.79 Å². The van der Waals surface area contributed by atoms with Crippen LogP contribution in [0.15, 0.2) is 29.3 Å². The largest absolute Gasteiger partial charge is 0.496 e. The molecule has 106 valence electrons. The van der Waals surface area contributed by atoms with E-state index in [1.807, 2.05) is 30.0 Å². The summed E-state index contributed by atoms with van der Waals surface area (Å²) >= 11 is 0. The molecule has 1 aliphatic carbocycles. The van der Waals surface area contributed by atoms with E-state index in [1.165, 1.54) is 12.8 Å². The lowest BCUT2D eigenvalue weighted by molar-refractivity contribution is 0.0743. The lowest BCUT2D eigenvalue weighted by Gasteiger charge is -2.28. The fourth-order valence-electron chi connectivity index (χ4n) is 2.94. The molecule has 3 nitrogen and oxygen atoms in total. The van der Waals surface area contributed by atoms with Gasteiger partial charge in [0.2, 0.25) is 0 Å². The van der Waals surface area contributed by atoms with E-state index in [4.69, 9.17) is 4.74 Å². The predicted molar refractivity (Wildman–Crippen MR) is 79.1 cm³/mol. The standard InChI is InChI=1S/C17H21NO2/c1-12-11-15(5-6-16(12)20-2)17(19)18-9-7-14(8-10-18)13-3-4-13/h5-6,11H,3-4,7-10H2,1-2H3. The zero-order valence-corrected chi connectivity index (χ0v) is 12.2. The summed E-state index contributed by atoms with van der Waals surface area (Å²) in [7, 11) is 1.65. The Morgan fingerprint density at radius 1 is 1.10 bits per heavy atom. The van der Waals surface area contributed by atoms with E-state index in [0.717, 1.165) is 42.8 Å². The number of piperidine rings is 1. The summed E-state index contributed by atoms with van der Waals surface area (Å²) in [6.07, 6.45) is 4.72. The molecular formula is C17H21NO2. The number of methoxy groups -OCH3 is 1. The van der Waals surface area contributed by atoms with Gasteiger partial charge in [-0.2, -0.15) is 0 Å². The van der Waals surface area contributed by atoms with Gasteiger partial charge in [-0.05, 0) is 56.4 Å². The summed E-state index contributed by atoms with van der Waals surface area (Å²) in [4.78, 5) is 14.5. The van der Waals surface area contributed by atoms with Crippen molar-refractivity contribution in [3.05, 3.63) is 40.5 Å². The fraction of sp³-hybridized carbons (Fsp3) is 0.471. The zero-order valence-electron chi connectivity index (χ0n) is 12.2. The maximum absolute atomic E-state index is 12.5. The molecule has 1 aromatic rings. The normalized spacial score (nSPS) is 18.2. The highest BCUT2D eigenvalue weighted by Crippen LogP contribution is 2.36. The molecule has 1 aromatic carbocycles. The smallest absolute Gasteiger partial charge is 0.253 e. The summed E-state index contributed by atoms with van der Waals surface area (Å²) in [5, 5.41) is 0. The topological polar surface area (TPSA) is 29.5 Å². The van der Waals surface area contributed by atoms with Gasteiger partial charge >= 0.3 is 0 Å². The van der Waals surface area contributed by atoms with Crippen LogP contribution in [0.3, 0.4) is 0 Å². The molecule has 0 aromatic heterocycles. The number of hydrogen-bond donors (Lipinski definition) is 0. The molecule has 2 aliphatic rings. The fourth-order valence-corrected chi connectivity index (χ4v) is 2.94. The van der Waals surface area contributed by atoms with Gasteiger partial charge in [-0.1, -0.05) is 11.1 Å². The van der Waals surface area contributed by atoms with Crippen LogP contribution in [-0.2, 0) is 0 Å². The Balaban J connectivity index is 1.70. The summed E-state index contributed by atoms with van der Waals surface area (Å²) in [6.45, 7) is 3.70. The van der Waals surface area contributed by atoms with Crippen molar-refractivity contribution in [3.8, 4) is 5.75 Å².